The molecule has 2 aromatic rings. The van der Waals surface area contributed by atoms with Crippen molar-refractivity contribution in [3.8, 4) is 0 Å². The minimum absolute atomic E-state index is 0.0323. The first-order valence-corrected chi connectivity index (χ1v) is 7.23. The van der Waals surface area contributed by atoms with E-state index < -0.39 is 11.3 Å². The van der Waals surface area contributed by atoms with Crippen LogP contribution in [-0.4, -0.2) is 20.4 Å². The van der Waals surface area contributed by atoms with E-state index in [1.54, 1.807) is 0 Å². The first-order chi connectivity index (χ1) is 9.97. The highest BCUT2D eigenvalue weighted by atomic mass is 35.5. The number of ketones is 1. The summed E-state index contributed by atoms with van der Waals surface area (Å²) in [7, 11) is 0. The molecule has 6 nitrogen and oxygen atoms in total. The number of Topliss-reactive ketones (excluding diaryl/α,β-unsaturated/α-hetero) is 1. The molecule has 0 atom stereocenters. The van der Waals surface area contributed by atoms with Gasteiger partial charge < -0.3 is 5.73 Å². The standard InChI is InChI=1S/C12H6Cl2N4O2S/c13-7-2-5(3-8(14)9(7)19)1-6-10(15)18-12(17-11(6)20)21-4-16-18/h1-4H,15H2. The van der Waals surface area contributed by atoms with Gasteiger partial charge in [-0.05, 0) is 23.8 Å². The van der Waals surface area contributed by atoms with Crippen molar-refractivity contribution >= 4 is 57.2 Å². The van der Waals surface area contributed by atoms with Crippen molar-refractivity contribution in [2.45, 2.75) is 0 Å². The van der Waals surface area contributed by atoms with Gasteiger partial charge in [-0.15, -0.1) is 0 Å². The molecule has 9 heteroatoms. The Morgan fingerprint density at radius 1 is 1.24 bits per heavy atom. The Kier molecular flexibility index (Phi) is 3.40. The third kappa shape index (κ3) is 2.39. The molecule has 2 aromatic heterocycles. The van der Waals surface area contributed by atoms with Gasteiger partial charge in [-0.25, -0.2) is 0 Å². The maximum Gasteiger partial charge on any atom is 0.283 e. The second kappa shape index (κ2) is 5.10. The molecule has 0 bridgehead atoms. The fraction of sp³-hybridized carbons (Fsp3) is 0. The molecule has 0 amide bonds. The number of nitrogens with zero attached hydrogens (tertiary/aromatic N) is 3. The Labute approximate surface area is 131 Å². The highest BCUT2D eigenvalue weighted by Crippen LogP contribution is 2.25. The number of halogens is 2. The number of hydrogen-bond acceptors (Lipinski definition) is 6. The monoisotopic (exact) mass is 340 g/mol. The summed E-state index contributed by atoms with van der Waals surface area (Å²) in [4.78, 5) is 27.7. The zero-order valence-corrected chi connectivity index (χ0v) is 12.5. The number of carbonyl (C=O) groups excluding carboxylic acids is 1. The summed E-state index contributed by atoms with van der Waals surface area (Å²) < 4.78 is 1.36. The molecule has 0 fully saturated rings. The molecule has 2 heterocycles. The summed E-state index contributed by atoms with van der Waals surface area (Å²) in [5, 5.41) is 3.93. The van der Waals surface area contributed by atoms with E-state index in [1.165, 1.54) is 39.6 Å². The highest BCUT2D eigenvalue weighted by molar-refractivity contribution is 7.14. The molecule has 0 radical (unpaired) electrons. The maximum atomic E-state index is 12.0. The van der Waals surface area contributed by atoms with E-state index in [0.29, 0.717) is 10.5 Å². The number of nitrogens with two attached hydrogens (primary N) is 1. The molecule has 2 N–H and O–H groups in total. The van der Waals surface area contributed by atoms with Crippen molar-refractivity contribution in [2.24, 2.45) is 0 Å². The van der Waals surface area contributed by atoms with E-state index in [0.717, 1.165) is 0 Å². The van der Waals surface area contributed by atoms with E-state index in [9.17, 15) is 9.59 Å². The Balaban J connectivity index is 2.20. The van der Waals surface area contributed by atoms with Gasteiger partial charge in [0.25, 0.3) is 5.56 Å². The third-order valence-corrected chi connectivity index (χ3v) is 4.00. The van der Waals surface area contributed by atoms with Crippen LogP contribution >= 0.6 is 34.5 Å². The van der Waals surface area contributed by atoms with Crippen LogP contribution in [0.1, 0.15) is 5.56 Å². The number of rotatable bonds is 1. The summed E-state index contributed by atoms with van der Waals surface area (Å²) in [5.74, 6) is -0.307. The number of hydrogen-bond donors (Lipinski definition) is 1. The van der Waals surface area contributed by atoms with Gasteiger partial charge in [0.1, 0.15) is 11.3 Å². The average Bonchev–Trinajstić information content (AvgIpc) is 2.89. The summed E-state index contributed by atoms with van der Waals surface area (Å²) in [6.07, 6.45) is 4.28. The average molecular weight is 341 g/mol. The molecule has 106 valence electrons. The maximum absolute atomic E-state index is 12.0. The van der Waals surface area contributed by atoms with Gasteiger partial charge in [-0.1, -0.05) is 34.5 Å². The largest absolute Gasteiger partial charge is 0.383 e. The molecule has 0 aromatic carbocycles. The fourth-order valence-electron chi connectivity index (χ4n) is 1.79. The molecular weight excluding hydrogens is 335 g/mol. The first kappa shape index (κ1) is 14.0. The highest BCUT2D eigenvalue weighted by Gasteiger charge is 2.18. The van der Waals surface area contributed by atoms with Gasteiger partial charge in [0, 0.05) is 0 Å². The van der Waals surface area contributed by atoms with Crippen LogP contribution in [0.25, 0.3) is 11.0 Å². The number of fused-ring (bicyclic) bond motifs is 1. The minimum atomic E-state index is -0.491. The van der Waals surface area contributed by atoms with E-state index >= 15 is 0 Å². The van der Waals surface area contributed by atoms with Gasteiger partial charge in [0.05, 0.1) is 15.6 Å². The van der Waals surface area contributed by atoms with Crippen LogP contribution in [-0.2, 0) is 4.79 Å². The number of allylic oxidation sites excluding steroid dienone is 5. The Morgan fingerprint density at radius 3 is 2.57 bits per heavy atom. The van der Waals surface area contributed by atoms with E-state index in [1.807, 2.05) is 0 Å². The van der Waals surface area contributed by atoms with Crippen molar-refractivity contribution in [1.82, 2.24) is 14.6 Å². The molecule has 0 saturated heterocycles. The quantitative estimate of drug-likeness (QED) is 0.856. The number of nitrogen functional groups attached to an aromatic ring is 1. The van der Waals surface area contributed by atoms with E-state index in [-0.39, 0.29) is 21.4 Å². The van der Waals surface area contributed by atoms with Crippen molar-refractivity contribution in [2.75, 3.05) is 5.73 Å². The van der Waals surface area contributed by atoms with Gasteiger partial charge in [-0.2, -0.15) is 14.6 Å². The molecule has 0 saturated carbocycles. The lowest BCUT2D eigenvalue weighted by Crippen LogP contribution is -2.16. The number of anilines is 1. The summed E-state index contributed by atoms with van der Waals surface area (Å²) in [6, 6.07) is 0. The Bertz CT molecular complexity index is 899. The fourth-order valence-corrected chi connectivity index (χ4v) is 2.91. The molecule has 0 unspecified atom stereocenters. The molecule has 1 aliphatic carbocycles. The number of aromatic nitrogens is 3. The molecule has 3 rings (SSSR count). The first-order valence-electron chi connectivity index (χ1n) is 5.60. The zero-order chi connectivity index (χ0) is 15.1. The van der Waals surface area contributed by atoms with Gasteiger partial charge >= 0.3 is 0 Å². The zero-order valence-electron chi connectivity index (χ0n) is 10.2. The smallest absolute Gasteiger partial charge is 0.283 e. The van der Waals surface area contributed by atoms with Crippen LogP contribution in [0.2, 0.25) is 0 Å². The molecule has 1 aliphatic rings. The van der Waals surface area contributed by atoms with Crippen LogP contribution in [0.4, 0.5) is 5.82 Å². The van der Waals surface area contributed by atoms with Gasteiger partial charge in [-0.3, -0.25) is 9.59 Å². The normalized spacial score (nSPS) is 15.1. The molecule has 21 heavy (non-hydrogen) atoms. The topological polar surface area (TPSA) is 90.4 Å². The minimum Gasteiger partial charge on any atom is -0.383 e. The SMILES string of the molecule is Nc1c(C=C2C=C(Cl)C(=O)C(Cl)=C2)c(=O)nc2scnn12. The van der Waals surface area contributed by atoms with Gasteiger partial charge in [0.15, 0.2) is 0 Å². The molecule has 0 spiro atoms. The lowest BCUT2D eigenvalue weighted by molar-refractivity contribution is -0.111. The predicted molar refractivity (Wildman–Crippen MR) is 82.4 cm³/mol. The van der Waals surface area contributed by atoms with Gasteiger partial charge in [0.2, 0.25) is 10.7 Å². The second-order valence-corrected chi connectivity index (χ2v) is 5.73. The van der Waals surface area contributed by atoms with Crippen molar-refractivity contribution in [3.63, 3.8) is 0 Å². The van der Waals surface area contributed by atoms with Crippen LogP contribution in [0.15, 0.2) is 38.1 Å². The van der Waals surface area contributed by atoms with E-state index in [2.05, 4.69) is 10.1 Å². The lowest BCUT2D eigenvalue weighted by Gasteiger charge is -2.07. The van der Waals surface area contributed by atoms with Crippen LogP contribution in [0.5, 0.6) is 0 Å². The second-order valence-electron chi connectivity index (χ2n) is 4.11. The number of carbonyl (C=O) groups is 1. The van der Waals surface area contributed by atoms with Crippen LogP contribution < -0.4 is 11.3 Å². The molecular formula is C12H6Cl2N4O2S. The summed E-state index contributed by atoms with van der Waals surface area (Å²) in [6.45, 7) is 0. The van der Waals surface area contributed by atoms with Crippen LogP contribution in [0, 0.1) is 0 Å². The predicted octanol–water partition coefficient (Wildman–Crippen LogP) is 1.94. The third-order valence-electron chi connectivity index (χ3n) is 2.77. The Hall–Kier alpha value is -1.96. The lowest BCUT2D eigenvalue weighted by atomic mass is 10.1. The van der Waals surface area contributed by atoms with Crippen molar-refractivity contribution < 1.29 is 4.79 Å². The molecule has 0 aliphatic heterocycles. The van der Waals surface area contributed by atoms with Crippen molar-refractivity contribution in [3.05, 3.63) is 49.2 Å². The van der Waals surface area contributed by atoms with E-state index in [4.69, 9.17) is 28.9 Å². The summed E-state index contributed by atoms with van der Waals surface area (Å²) in [5.41, 5.74) is 7.60. The summed E-state index contributed by atoms with van der Waals surface area (Å²) >= 11 is 12.8. The Morgan fingerprint density at radius 2 is 1.90 bits per heavy atom. The van der Waals surface area contributed by atoms with Crippen molar-refractivity contribution in [1.29, 1.82) is 0 Å². The van der Waals surface area contributed by atoms with Crippen LogP contribution in [0.3, 0.4) is 0 Å².